The molecule has 1 aliphatic carbocycles. The first-order valence-electron chi connectivity index (χ1n) is 5.77. The Morgan fingerprint density at radius 1 is 1.27 bits per heavy atom. The van der Waals surface area contributed by atoms with Crippen molar-refractivity contribution < 1.29 is 0 Å². The van der Waals surface area contributed by atoms with Crippen LogP contribution in [0.4, 0.5) is 11.4 Å². The van der Waals surface area contributed by atoms with Crippen molar-refractivity contribution in [2.75, 3.05) is 30.9 Å². The maximum absolute atomic E-state index is 3.55. The highest BCUT2D eigenvalue weighted by atomic mass is 15.1. The molecule has 2 rings (SSSR count). The minimum absolute atomic E-state index is 0.903. The van der Waals surface area contributed by atoms with E-state index in [1.165, 1.54) is 30.6 Å². The maximum Gasteiger partial charge on any atom is 0.0596 e. The van der Waals surface area contributed by atoms with Crippen LogP contribution in [0.25, 0.3) is 0 Å². The second kappa shape index (κ2) is 4.56. The van der Waals surface area contributed by atoms with Crippen molar-refractivity contribution in [2.24, 2.45) is 5.92 Å². The molecule has 2 nitrogen and oxygen atoms in total. The summed E-state index contributed by atoms with van der Waals surface area (Å²) in [5.41, 5.74) is 2.53. The molecular formula is C13H20N2. The van der Waals surface area contributed by atoms with Crippen molar-refractivity contribution in [1.82, 2.24) is 0 Å². The van der Waals surface area contributed by atoms with Crippen molar-refractivity contribution in [3.05, 3.63) is 24.3 Å². The summed E-state index contributed by atoms with van der Waals surface area (Å²) in [5, 5.41) is 3.55. The van der Waals surface area contributed by atoms with Crippen LogP contribution in [-0.2, 0) is 0 Å². The fraction of sp³-hybridized carbons (Fsp3) is 0.538. The second-order valence-corrected chi connectivity index (χ2v) is 4.59. The van der Waals surface area contributed by atoms with Gasteiger partial charge in [-0.15, -0.1) is 0 Å². The lowest BCUT2D eigenvalue weighted by Crippen LogP contribution is -2.22. The van der Waals surface area contributed by atoms with Gasteiger partial charge >= 0.3 is 0 Å². The highest BCUT2D eigenvalue weighted by molar-refractivity contribution is 5.69. The number of nitrogens with zero attached hydrogens (tertiary/aromatic N) is 1. The van der Waals surface area contributed by atoms with Crippen LogP contribution in [-0.4, -0.2) is 20.6 Å². The summed E-state index contributed by atoms with van der Waals surface area (Å²) in [7, 11) is 4.17. The van der Waals surface area contributed by atoms with Gasteiger partial charge < -0.3 is 10.2 Å². The number of anilines is 2. The SMILES string of the molecule is CN(C)c1ccccc1NCC1CCC1. The standard InChI is InChI=1S/C13H20N2/c1-15(2)13-9-4-3-8-12(13)14-10-11-6-5-7-11/h3-4,8-9,11,14H,5-7,10H2,1-2H3. The van der Waals surface area contributed by atoms with Crippen molar-refractivity contribution in [1.29, 1.82) is 0 Å². The molecule has 0 spiro atoms. The Kier molecular flexibility index (Phi) is 3.14. The van der Waals surface area contributed by atoms with Gasteiger partial charge in [-0.3, -0.25) is 0 Å². The van der Waals surface area contributed by atoms with Gasteiger partial charge in [-0.2, -0.15) is 0 Å². The van der Waals surface area contributed by atoms with E-state index in [0.717, 1.165) is 12.5 Å². The second-order valence-electron chi connectivity index (χ2n) is 4.59. The molecule has 1 N–H and O–H groups in total. The molecule has 1 aromatic carbocycles. The largest absolute Gasteiger partial charge is 0.383 e. The van der Waals surface area contributed by atoms with Crippen molar-refractivity contribution in [3.8, 4) is 0 Å². The van der Waals surface area contributed by atoms with Gasteiger partial charge in [0.05, 0.1) is 11.4 Å². The van der Waals surface area contributed by atoms with E-state index in [9.17, 15) is 0 Å². The van der Waals surface area contributed by atoms with Crippen LogP contribution < -0.4 is 10.2 Å². The van der Waals surface area contributed by atoms with Gasteiger partial charge in [0.25, 0.3) is 0 Å². The lowest BCUT2D eigenvalue weighted by Gasteiger charge is -2.27. The molecular weight excluding hydrogens is 184 g/mol. The average molecular weight is 204 g/mol. The topological polar surface area (TPSA) is 15.3 Å². The average Bonchev–Trinajstić information content (AvgIpc) is 2.16. The molecule has 0 heterocycles. The van der Waals surface area contributed by atoms with Gasteiger partial charge in [0.1, 0.15) is 0 Å². The zero-order chi connectivity index (χ0) is 10.7. The Balaban J connectivity index is 1.99. The Morgan fingerprint density at radius 2 is 2.00 bits per heavy atom. The molecule has 82 valence electrons. The van der Waals surface area contributed by atoms with Gasteiger partial charge in [0.2, 0.25) is 0 Å². The van der Waals surface area contributed by atoms with Crippen LogP contribution in [0.15, 0.2) is 24.3 Å². The highest BCUT2D eigenvalue weighted by Gasteiger charge is 2.17. The van der Waals surface area contributed by atoms with Gasteiger partial charge in [-0.25, -0.2) is 0 Å². The monoisotopic (exact) mass is 204 g/mol. The fourth-order valence-electron chi connectivity index (χ4n) is 1.96. The maximum atomic E-state index is 3.55. The molecule has 1 aromatic rings. The van der Waals surface area contributed by atoms with Crippen LogP contribution in [0.1, 0.15) is 19.3 Å². The van der Waals surface area contributed by atoms with E-state index in [2.05, 4.69) is 48.6 Å². The molecule has 0 aromatic heterocycles. The molecule has 0 radical (unpaired) electrons. The first kappa shape index (κ1) is 10.3. The molecule has 0 bridgehead atoms. The number of para-hydroxylation sites is 2. The molecule has 1 fully saturated rings. The minimum Gasteiger partial charge on any atom is -0.383 e. The summed E-state index contributed by atoms with van der Waals surface area (Å²) in [6, 6.07) is 8.50. The predicted molar refractivity (Wildman–Crippen MR) is 66.6 cm³/mol. The van der Waals surface area contributed by atoms with Crippen LogP contribution >= 0.6 is 0 Å². The Labute approximate surface area is 92.3 Å². The van der Waals surface area contributed by atoms with Crippen LogP contribution in [0.5, 0.6) is 0 Å². The van der Waals surface area contributed by atoms with Crippen molar-refractivity contribution in [2.45, 2.75) is 19.3 Å². The van der Waals surface area contributed by atoms with Gasteiger partial charge in [-0.05, 0) is 30.9 Å². The first-order chi connectivity index (χ1) is 7.27. The van der Waals surface area contributed by atoms with E-state index in [0.29, 0.717) is 0 Å². The summed E-state index contributed by atoms with van der Waals surface area (Å²) < 4.78 is 0. The number of hydrogen-bond donors (Lipinski definition) is 1. The van der Waals surface area contributed by atoms with Crippen LogP contribution in [0.3, 0.4) is 0 Å². The zero-order valence-corrected chi connectivity index (χ0v) is 9.66. The zero-order valence-electron chi connectivity index (χ0n) is 9.66. The highest BCUT2D eigenvalue weighted by Crippen LogP contribution is 2.28. The van der Waals surface area contributed by atoms with Gasteiger partial charge in [0.15, 0.2) is 0 Å². The van der Waals surface area contributed by atoms with E-state index >= 15 is 0 Å². The molecule has 1 aliphatic rings. The molecule has 1 saturated carbocycles. The fourth-order valence-corrected chi connectivity index (χ4v) is 1.96. The quantitative estimate of drug-likeness (QED) is 0.811. The van der Waals surface area contributed by atoms with E-state index in [1.807, 2.05) is 0 Å². The lowest BCUT2D eigenvalue weighted by atomic mass is 9.85. The van der Waals surface area contributed by atoms with Crippen LogP contribution in [0.2, 0.25) is 0 Å². The number of benzene rings is 1. The lowest BCUT2D eigenvalue weighted by molar-refractivity contribution is 0.333. The normalized spacial score (nSPS) is 15.9. The third-order valence-electron chi connectivity index (χ3n) is 3.19. The van der Waals surface area contributed by atoms with Gasteiger partial charge in [0, 0.05) is 20.6 Å². The van der Waals surface area contributed by atoms with Crippen molar-refractivity contribution in [3.63, 3.8) is 0 Å². The van der Waals surface area contributed by atoms with Crippen LogP contribution in [0, 0.1) is 5.92 Å². The third-order valence-corrected chi connectivity index (χ3v) is 3.19. The summed E-state index contributed by atoms with van der Waals surface area (Å²) in [6.07, 6.45) is 4.22. The summed E-state index contributed by atoms with van der Waals surface area (Å²) >= 11 is 0. The van der Waals surface area contributed by atoms with Gasteiger partial charge in [-0.1, -0.05) is 18.6 Å². The molecule has 0 unspecified atom stereocenters. The number of hydrogen-bond acceptors (Lipinski definition) is 2. The number of nitrogens with one attached hydrogen (secondary N) is 1. The molecule has 0 saturated heterocycles. The summed E-state index contributed by atoms with van der Waals surface area (Å²) in [5.74, 6) is 0.903. The Bertz CT molecular complexity index is 316. The van der Waals surface area contributed by atoms with Crippen molar-refractivity contribution >= 4 is 11.4 Å². The molecule has 0 atom stereocenters. The minimum atomic E-state index is 0.903. The van der Waals surface area contributed by atoms with E-state index < -0.39 is 0 Å². The summed E-state index contributed by atoms with van der Waals surface area (Å²) in [4.78, 5) is 2.16. The smallest absolute Gasteiger partial charge is 0.0596 e. The Morgan fingerprint density at radius 3 is 2.60 bits per heavy atom. The number of rotatable bonds is 4. The first-order valence-corrected chi connectivity index (χ1v) is 5.77. The van der Waals surface area contributed by atoms with E-state index in [1.54, 1.807) is 0 Å². The third kappa shape index (κ3) is 2.44. The predicted octanol–water partition coefficient (Wildman–Crippen LogP) is 2.96. The molecule has 0 amide bonds. The Hall–Kier alpha value is -1.18. The summed E-state index contributed by atoms with van der Waals surface area (Å²) in [6.45, 7) is 1.13. The molecule has 15 heavy (non-hydrogen) atoms. The van der Waals surface area contributed by atoms with E-state index in [-0.39, 0.29) is 0 Å². The molecule has 2 heteroatoms. The molecule has 0 aliphatic heterocycles. The van der Waals surface area contributed by atoms with E-state index in [4.69, 9.17) is 0 Å².